The summed E-state index contributed by atoms with van der Waals surface area (Å²) in [5.74, 6) is 2.17. The first kappa shape index (κ1) is 21.8. The summed E-state index contributed by atoms with van der Waals surface area (Å²) in [5.41, 5.74) is 1.60. The summed E-state index contributed by atoms with van der Waals surface area (Å²) in [6.07, 6.45) is 1.63. The molecule has 34 heavy (non-hydrogen) atoms. The minimum absolute atomic E-state index is 0.118. The van der Waals surface area contributed by atoms with Gasteiger partial charge in [0.25, 0.3) is 0 Å². The van der Waals surface area contributed by atoms with Gasteiger partial charge < -0.3 is 14.5 Å². The van der Waals surface area contributed by atoms with Crippen LogP contribution in [0.2, 0.25) is 0 Å². The van der Waals surface area contributed by atoms with Crippen LogP contribution in [0.5, 0.6) is 5.75 Å². The zero-order chi connectivity index (χ0) is 23.3. The monoisotopic (exact) mass is 470 g/mol. The Morgan fingerprint density at radius 1 is 1.00 bits per heavy atom. The third kappa shape index (κ3) is 4.53. The van der Waals surface area contributed by atoms with E-state index < -0.39 is 0 Å². The molecular formula is C26H22N4O3S. The maximum Gasteiger partial charge on any atom is 0.234 e. The lowest BCUT2D eigenvalue weighted by molar-refractivity contribution is -0.113. The summed E-state index contributed by atoms with van der Waals surface area (Å²) in [6, 6.07) is 25.2. The predicted octanol–water partition coefficient (Wildman–Crippen LogP) is 5.48. The van der Waals surface area contributed by atoms with Crippen LogP contribution in [0.3, 0.4) is 0 Å². The fourth-order valence-electron chi connectivity index (χ4n) is 3.78. The molecule has 170 valence electrons. The molecule has 0 saturated heterocycles. The van der Waals surface area contributed by atoms with Crippen molar-refractivity contribution in [2.75, 3.05) is 18.2 Å². The molecule has 0 unspecified atom stereocenters. The van der Waals surface area contributed by atoms with Gasteiger partial charge in [0, 0.05) is 11.1 Å². The first-order valence-electron chi connectivity index (χ1n) is 10.7. The highest BCUT2D eigenvalue weighted by Gasteiger charge is 2.19. The zero-order valence-corrected chi connectivity index (χ0v) is 19.3. The van der Waals surface area contributed by atoms with Crippen LogP contribution in [-0.4, -0.2) is 33.5 Å². The Bertz CT molecular complexity index is 1420. The van der Waals surface area contributed by atoms with Crippen molar-refractivity contribution in [1.29, 1.82) is 0 Å². The highest BCUT2D eigenvalue weighted by atomic mass is 32.2. The van der Waals surface area contributed by atoms with Crippen LogP contribution in [0.25, 0.3) is 22.2 Å². The molecule has 5 aromatic rings. The van der Waals surface area contributed by atoms with Crippen LogP contribution in [0.1, 0.15) is 5.76 Å². The number of nitrogens with zero attached hydrogens (tertiary/aromatic N) is 3. The molecule has 2 aromatic heterocycles. The lowest BCUT2D eigenvalue weighted by Crippen LogP contribution is -2.15. The number of aromatic nitrogens is 3. The number of hydrogen-bond acceptors (Lipinski definition) is 6. The largest absolute Gasteiger partial charge is 0.496 e. The first-order valence-corrected chi connectivity index (χ1v) is 11.7. The molecule has 5 rings (SSSR count). The van der Waals surface area contributed by atoms with E-state index in [0.717, 1.165) is 27.8 Å². The molecule has 0 radical (unpaired) electrons. The van der Waals surface area contributed by atoms with Gasteiger partial charge in [-0.05, 0) is 35.7 Å². The fourth-order valence-corrected chi connectivity index (χ4v) is 4.51. The number of methoxy groups -OCH3 is 1. The van der Waals surface area contributed by atoms with Crippen molar-refractivity contribution in [3.05, 3.63) is 90.9 Å². The quantitative estimate of drug-likeness (QED) is 0.303. The van der Waals surface area contributed by atoms with Gasteiger partial charge in [-0.25, -0.2) is 0 Å². The van der Waals surface area contributed by atoms with Crippen LogP contribution in [0.15, 0.2) is 94.7 Å². The van der Waals surface area contributed by atoms with E-state index in [-0.39, 0.29) is 11.7 Å². The van der Waals surface area contributed by atoms with E-state index in [2.05, 4.69) is 15.5 Å². The van der Waals surface area contributed by atoms with Crippen molar-refractivity contribution in [1.82, 2.24) is 14.8 Å². The molecule has 1 N–H and O–H groups in total. The van der Waals surface area contributed by atoms with E-state index in [0.29, 0.717) is 23.3 Å². The molecule has 7 nitrogen and oxygen atoms in total. The Balaban J connectivity index is 1.39. The van der Waals surface area contributed by atoms with E-state index in [1.54, 1.807) is 13.4 Å². The van der Waals surface area contributed by atoms with Crippen LogP contribution < -0.4 is 10.1 Å². The third-order valence-electron chi connectivity index (χ3n) is 5.35. The number of benzene rings is 3. The molecule has 0 aliphatic rings. The number of rotatable bonds is 8. The number of amides is 1. The summed E-state index contributed by atoms with van der Waals surface area (Å²) in [4.78, 5) is 12.8. The minimum atomic E-state index is -0.118. The Morgan fingerprint density at radius 3 is 2.68 bits per heavy atom. The average molecular weight is 471 g/mol. The number of ether oxygens (including phenoxy) is 1. The van der Waals surface area contributed by atoms with E-state index in [9.17, 15) is 4.79 Å². The molecular weight excluding hydrogens is 448 g/mol. The molecule has 2 heterocycles. The van der Waals surface area contributed by atoms with Crippen LogP contribution in [-0.2, 0) is 11.3 Å². The fraction of sp³-hybridized carbons (Fsp3) is 0.115. The number of carbonyl (C=O) groups excluding carboxylic acids is 1. The molecule has 0 spiro atoms. The van der Waals surface area contributed by atoms with Gasteiger partial charge in [0.05, 0.1) is 31.2 Å². The maximum atomic E-state index is 12.8. The SMILES string of the molecule is COc1ccccc1-c1nnc(SCC(=O)Nc2cccc3ccccc23)n1Cc1ccco1. The summed E-state index contributed by atoms with van der Waals surface area (Å²) in [7, 11) is 1.62. The van der Waals surface area contributed by atoms with Crippen LogP contribution in [0, 0.1) is 0 Å². The molecule has 0 atom stereocenters. The molecule has 0 saturated carbocycles. The second kappa shape index (κ2) is 9.84. The van der Waals surface area contributed by atoms with Crippen LogP contribution >= 0.6 is 11.8 Å². The minimum Gasteiger partial charge on any atom is -0.496 e. The van der Waals surface area contributed by atoms with Gasteiger partial charge in [-0.1, -0.05) is 60.3 Å². The lowest BCUT2D eigenvalue weighted by atomic mass is 10.1. The Hall–Kier alpha value is -4.04. The number of nitrogens with one attached hydrogen (secondary N) is 1. The molecule has 0 bridgehead atoms. The zero-order valence-electron chi connectivity index (χ0n) is 18.5. The molecule has 0 aliphatic carbocycles. The molecule has 3 aromatic carbocycles. The van der Waals surface area contributed by atoms with E-state index in [4.69, 9.17) is 9.15 Å². The van der Waals surface area contributed by atoms with Crippen molar-refractivity contribution >= 4 is 34.1 Å². The average Bonchev–Trinajstić information content (AvgIpc) is 3.53. The maximum absolute atomic E-state index is 12.8. The molecule has 8 heteroatoms. The smallest absolute Gasteiger partial charge is 0.234 e. The van der Waals surface area contributed by atoms with E-state index in [1.807, 2.05) is 83.4 Å². The van der Waals surface area contributed by atoms with Crippen molar-refractivity contribution in [2.45, 2.75) is 11.7 Å². The standard InChI is InChI=1S/C26H22N4O3S/c1-32-23-14-5-4-12-21(23)25-28-29-26(30(25)16-19-10-7-15-33-19)34-17-24(31)27-22-13-6-9-18-8-2-3-11-20(18)22/h2-15H,16-17H2,1H3,(H,27,31). The normalized spacial score (nSPS) is 11.0. The second-order valence-electron chi connectivity index (χ2n) is 7.54. The molecule has 0 aliphatic heterocycles. The number of fused-ring (bicyclic) bond motifs is 1. The lowest BCUT2D eigenvalue weighted by Gasteiger charge is -2.12. The van der Waals surface area contributed by atoms with Crippen molar-refractivity contribution in [3.8, 4) is 17.1 Å². The van der Waals surface area contributed by atoms with E-state index in [1.165, 1.54) is 11.8 Å². The number of furan rings is 1. The first-order chi connectivity index (χ1) is 16.7. The van der Waals surface area contributed by atoms with Crippen molar-refractivity contribution < 1.29 is 13.9 Å². The number of carbonyl (C=O) groups is 1. The number of anilines is 1. The topological polar surface area (TPSA) is 82.2 Å². The molecule has 1 amide bonds. The summed E-state index contributed by atoms with van der Waals surface area (Å²) >= 11 is 1.33. The molecule has 0 fully saturated rings. The highest BCUT2D eigenvalue weighted by Crippen LogP contribution is 2.32. The van der Waals surface area contributed by atoms with E-state index >= 15 is 0 Å². The van der Waals surface area contributed by atoms with Crippen molar-refractivity contribution in [3.63, 3.8) is 0 Å². The van der Waals surface area contributed by atoms with Gasteiger partial charge in [0.2, 0.25) is 5.91 Å². The summed E-state index contributed by atoms with van der Waals surface area (Å²) in [6.45, 7) is 0.431. The second-order valence-corrected chi connectivity index (χ2v) is 8.48. The number of thioether (sulfide) groups is 1. The highest BCUT2D eigenvalue weighted by molar-refractivity contribution is 7.99. The third-order valence-corrected chi connectivity index (χ3v) is 6.32. The van der Waals surface area contributed by atoms with Gasteiger partial charge >= 0.3 is 0 Å². The van der Waals surface area contributed by atoms with Gasteiger partial charge in [0.1, 0.15) is 11.5 Å². The van der Waals surface area contributed by atoms with Crippen LogP contribution in [0.4, 0.5) is 5.69 Å². The Labute approximate surface area is 200 Å². The van der Waals surface area contributed by atoms with Gasteiger partial charge in [-0.3, -0.25) is 9.36 Å². The van der Waals surface area contributed by atoms with Gasteiger partial charge in [-0.15, -0.1) is 10.2 Å². The summed E-state index contributed by atoms with van der Waals surface area (Å²) in [5, 5.41) is 14.5. The Morgan fingerprint density at radius 2 is 1.82 bits per heavy atom. The van der Waals surface area contributed by atoms with Gasteiger partial charge in [0.15, 0.2) is 11.0 Å². The Kier molecular flexibility index (Phi) is 6.31. The summed E-state index contributed by atoms with van der Waals surface area (Å²) < 4.78 is 13.0. The van der Waals surface area contributed by atoms with Gasteiger partial charge in [-0.2, -0.15) is 0 Å². The predicted molar refractivity (Wildman–Crippen MR) is 133 cm³/mol. The number of hydrogen-bond donors (Lipinski definition) is 1. The number of para-hydroxylation sites is 1. The van der Waals surface area contributed by atoms with Crippen molar-refractivity contribution in [2.24, 2.45) is 0 Å².